The molecule has 1 fully saturated rings. The maximum absolute atomic E-state index is 12.7. The Labute approximate surface area is 179 Å². The minimum atomic E-state index is -0.438. The number of aromatic nitrogens is 1. The van der Waals surface area contributed by atoms with Gasteiger partial charge in [-0.15, -0.1) is 0 Å². The first kappa shape index (κ1) is 21.3. The van der Waals surface area contributed by atoms with Gasteiger partial charge in [-0.1, -0.05) is 42.8 Å². The molecule has 29 heavy (non-hydrogen) atoms. The Bertz CT molecular complexity index is 878. The van der Waals surface area contributed by atoms with Crippen LogP contribution >= 0.6 is 15.9 Å². The molecular formula is C22H26BrN3O3. The van der Waals surface area contributed by atoms with E-state index in [0.717, 1.165) is 17.3 Å². The molecule has 0 aliphatic carbocycles. The van der Waals surface area contributed by atoms with Crippen molar-refractivity contribution in [2.45, 2.75) is 33.6 Å². The Balaban J connectivity index is 1.58. The van der Waals surface area contributed by atoms with Crippen LogP contribution in [0.4, 0.5) is 5.69 Å². The molecule has 0 saturated carbocycles. The lowest BCUT2D eigenvalue weighted by Crippen LogP contribution is -2.47. The molecule has 1 saturated heterocycles. The van der Waals surface area contributed by atoms with E-state index >= 15 is 0 Å². The van der Waals surface area contributed by atoms with E-state index in [1.54, 1.807) is 23.2 Å². The Kier molecular flexibility index (Phi) is 6.57. The average molecular weight is 460 g/mol. The lowest BCUT2D eigenvalue weighted by molar-refractivity contribution is -0.142. The third-order valence-corrected chi connectivity index (χ3v) is 5.24. The number of ether oxygens (including phenoxy) is 1. The summed E-state index contributed by atoms with van der Waals surface area (Å²) in [5.41, 5.74) is 0.169. The zero-order chi connectivity index (χ0) is 21.0. The van der Waals surface area contributed by atoms with Crippen LogP contribution in [0, 0.1) is 11.3 Å². The van der Waals surface area contributed by atoms with Gasteiger partial charge in [-0.3, -0.25) is 9.59 Å². The van der Waals surface area contributed by atoms with Crippen LogP contribution in [0.2, 0.25) is 0 Å². The molecule has 3 rings (SSSR count). The number of nitrogens with one attached hydrogen (secondary N) is 1. The number of hydrogen-bond donors (Lipinski definition) is 1. The highest BCUT2D eigenvalue weighted by Gasteiger charge is 2.33. The largest absolute Gasteiger partial charge is 0.439 e. The fourth-order valence-corrected chi connectivity index (χ4v) is 3.64. The second-order valence-corrected chi connectivity index (χ2v) is 9.19. The molecule has 0 spiro atoms. The predicted octanol–water partition coefficient (Wildman–Crippen LogP) is 4.86. The molecule has 1 aliphatic rings. The first-order chi connectivity index (χ1) is 13.7. The van der Waals surface area contributed by atoms with E-state index in [0.29, 0.717) is 30.4 Å². The van der Waals surface area contributed by atoms with Crippen LogP contribution in [0.3, 0.4) is 0 Å². The lowest BCUT2D eigenvalue weighted by Gasteiger charge is -2.35. The van der Waals surface area contributed by atoms with Crippen LogP contribution in [0.5, 0.6) is 11.6 Å². The van der Waals surface area contributed by atoms with E-state index in [1.807, 2.05) is 45.0 Å². The van der Waals surface area contributed by atoms with Crippen LogP contribution in [-0.4, -0.2) is 34.8 Å². The van der Waals surface area contributed by atoms with Gasteiger partial charge in [0, 0.05) is 29.0 Å². The van der Waals surface area contributed by atoms with Gasteiger partial charge in [0.1, 0.15) is 5.75 Å². The summed E-state index contributed by atoms with van der Waals surface area (Å²) < 4.78 is 6.63. The number of halogens is 1. The van der Waals surface area contributed by atoms with Crippen molar-refractivity contribution in [1.29, 1.82) is 0 Å². The number of carbonyl (C=O) groups excluding carboxylic acids is 2. The zero-order valence-corrected chi connectivity index (χ0v) is 18.5. The Morgan fingerprint density at radius 3 is 2.69 bits per heavy atom. The number of piperidine rings is 1. The number of carbonyl (C=O) groups is 2. The first-order valence-corrected chi connectivity index (χ1v) is 10.5. The van der Waals surface area contributed by atoms with Gasteiger partial charge in [-0.25, -0.2) is 4.98 Å². The molecule has 0 radical (unpaired) electrons. The van der Waals surface area contributed by atoms with Gasteiger partial charge in [-0.2, -0.15) is 0 Å². The molecule has 1 aromatic heterocycles. The van der Waals surface area contributed by atoms with Crippen molar-refractivity contribution in [3.8, 4) is 11.6 Å². The number of anilines is 1. The summed E-state index contributed by atoms with van der Waals surface area (Å²) in [5, 5.41) is 2.91. The molecule has 2 aromatic rings. The van der Waals surface area contributed by atoms with Crippen LogP contribution < -0.4 is 10.1 Å². The minimum Gasteiger partial charge on any atom is -0.439 e. The molecule has 1 atom stereocenters. The Hall–Kier alpha value is -2.41. The molecule has 6 nitrogen and oxygen atoms in total. The van der Waals surface area contributed by atoms with Crippen molar-refractivity contribution in [2.75, 3.05) is 18.4 Å². The first-order valence-electron chi connectivity index (χ1n) is 9.72. The number of hydrogen-bond acceptors (Lipinski definition) is 4. The molecule has 0 bridgehead atoms. The summed E-state index contributed by atoms with van der Waals surface area (Å²) in [5.74, 6) is 0.910. The Morgan fingerprint density at radius 2 is 2.03 bits per heavy atom. The van der Waals surface area contributed by atoms with Crippen molar-refractivity contribution in [3.05, 3.63) is 47.1 Å². The third-order valence-electron chi connectivity index (χ3n) is 4.74. The van der Waals surface area contributed by atoms with Gasteiger partial charge in [-0.05, 0) is 37.1 Å². The van der Waals surface area contributed by atoms with E-state index in [-0.39, 0.29) is 17.7 Å². The number of benzene rings is 1. The van der Waals surface area contributed by atoms with Crippen molar-refractivity contribution < 1.29 is 14.3 Å². The molecule has 2 heterocycles. The summed E-state index contributed by atoms with van der Waals surface area (Å²) in [6.07, 6.45) is 3.18. The van der Waals surface area contributed by atoms with Crippen LogP contribution in [-0.2, 0) is 9.59 Å². The quantitative estimate of drug-likeness (QED) is 0.708. The molecule has 7 heteroatoms. The third kappa shape index (κ3) is 5.79. The number of nitrogens with zero attached hydrogens (tertiary/aromatic N) is 2. The van der Waals surface area contributed by atoms with E-state index in [2.05, 4.69) is 26.2 Å². The van der Waals surface area contributed by atoms with Gasteiger partial charge in [0.05, 0.1) is 17.8 Å². The summed E-state index contributed by atoms with van der Waals surface area (Å²) >= 11 is 3.40. The van der Waals surface area contributed by atoms with Crippen LogP contribution in [0.25, 0.3) is 0 Å². The van der Waals surface area contributed by atoms with Gasteiger partial charge >= 0.3 is 0 Å². The maximum Gasteiger partial charge on any atom is 0.229 e. The highest BCUT2D eigenvalue weighted by molar-refractivity contribution is 9.10. The van der Waals surface area contributed by atoms with Crippen LogP contribution in [0.1, 0.15) is 33.6 Å². The van der Waals surface area contributed by atoms with E-state index in [1.165, 1.54) is 0 Å². The van der Waals surface area contributed by atoms with Gasteiger partial charge < -0.3 is 15.0 Å². The van der Waals surface area contributed by atoms with E-state index in [9.17, 15) is 9.59 Å². The van der Waals surface area contributed by atoms with Crippen molar-refractivity contribution in [2.24, 2.45) is 11.3 Å². The minimum absolute atomic E-state index is 0.0844. The monoisotopic (exact) mass is 459 g/mol. The zero-order valence-electron chi connectivity index (χ0n) is 16.9. The standard InChI is InChI=1S/C22H26BrN3O3/c1-22(2,3)21(28)26-11-5-6-15(14-26)20(27)25-17-9-10-19(24-13-17)29-18-8-4-7-16(23)12-18/h4,7-10,12-13,15H,5-6,11,14H2,1-3H3,(H,25,27). The predicted molar refractivity (Wildman–Crippen MR) is 116 cm³/mol. The number of rotatable bonds is 4. The fourth-order valence-electron chi connectivity index (χ4n) is 3.26. The highest BCUT2D eigenvalue weighted by Crippen LogP contribution is 2.26. The lowest BCUT2D eigenvalue weighted by atomic mass is 9.91. The summed E-state index contributed by atoms with van der Waals surface area (Å²) in [7, 11) is 0. The maximum atomic E-state index is 12.7. The Morgan fingerprint density at radius 1 is 1.24 bits per heavy atom. The van der Waals surface area contributed by atoms with Crippen molar-refractivity contribution in [1.82, 2.24) is 9.88 Å². The number of likely N-dealkylation sites (tertiary alicyclic amines) is 1. The van der Waals surface area contributed by atoms with Crippen LogP contribution in [0.15, 0.2) is 47.1 Å². The second kappa shape index (κ2) is 8.95. The number of pyridine rings is 1. The molecule has 1 N–H and O–H groups in total. The SMILES string of the molecule is CC(C)(C)C(=O)N1CCCC(C(=O)Nc2ccc(Oc3cccc(Br)c3)nc2)C1. The number of amides is 2. The van der Waals surface area contributed by atoms with Crippen molar-refractivity contribution in [3.63, 3.8) is 0 Å². The smallest absolute Gasteiger partial charge is 0.229 e. The van der Waals surface area contributed by atoms with Gasteiger partial charge in [0.2, 0.25) is 17.7 Å². The molecular weight excluding hydrogens is 434 g/mol. The van der Waals surface area contributed by atoms with Crippen molar-refractivity contribution >= 4 is 33.4 Å². The molecule has 2 amide bonds. The normalized spacial score (nSPS) is 17.0. The molecule has 1 aliphatic heterocycles. The topological polar surface area (TPSA) is 71.5 Å². The van der Waals surface area contributed by atoms with E-state index in [4.69, 9.17) is 4.74 Å². The molecule has 154 valence electrons. The van der Waals surface area contributed by atoms with E-state index < -0.39 is 5.41 Å². The molecule has 1 aromatic carbocycles. The summed E-state index contributed by atoms with van der Waals surface area (Å²) in [6, 6.07) is 11.0. The molecule has 1 unspecified atom stereocenters. The highest BCUT2D eigenvalue weighted by atomic mass is 79.9. The fraction of sp³-hybridized carbons (Fsp3) is 0.409. The summed E-state index contributed by atoms with van der Waals surface area (Å²) in [6.45, 7) is 6.88. The van der Waals surface area contributed by atoms with Gasteiger partial charge in [0.15, 0.2) is 0 Å². The summed E-state index contributed by atoms with van der Waals surface area (Å²) in [4.78, 5) is 31.3. The average Bonchev–Trinajstić information content (AvgIpc) is 2.68. The second-order valence-electron chi connectivity index (χ2n) is 8.27. The van der Waals surface area contributed by atoms with Gasteiger partial charge in [0.25, 0.3) is 0 Å².